The van der Waals surface area contributed by atoms with Crippen molar-refractivity contribution in [2.45, 2.75) is 57.4 Å². The lowest BCUT2D eigenvalue weighted by Crippen LogP contribution is -2.42. The second-order valence-corrected chi connectivity index (χ2v) is 9.47. The Morgan fingerprint density at radius 2 is 2.00 bits per heavy atom. The standard InChI is InChI=1S/C22H23ClN2O2S/c1-12-6-13(23)7-19(18-4-5-24-20-10-17(11-26)28-22(18)20)21(12)27-16-8-14-2-3-15(9-16)25-14/h4-7,10,14-16,25-26H,2-3,8-9,11H2,1H3/t14-,15+,16?. The van der Waals surface area contributed by atoms with Gasteiger partial charge in [-0.25, -0.2) is 0 Å². The molecule has 6 heteroatoms. The monoisotopic (exact) mass is 414 g/mol. The number of ether oxygens (including phenoxy) is 1. The quantitative estimate of drug-likeness (QED) is 0.625. The van der Waals surface area contributed by atoms with E-state index in [4.69, 9.17) is 16.3 Å². The van der Waals surface area contributed by atoms with Gasteiger partial charge in [0, 0.05) is 39.3 Å². The molecule has 3 atom stereocenters. The third-order valence-corrected chi connectivity index (χ3v) is 7.22. The van der Waals surface area contributed by atoms with Crippen LogP contribution in [0, 0.1) is 6.92 Å². The highest BCUT2D eigenvalue weighted by atomic mass is 35.5. The number of aromatic nitrogens is 1. The molecule has 4 heterocycles. The molecule has 2 bridgehead atoms. The molecule has 2 fully saturated rings. The zero-order valence-corrected chi connectivity index (χ0v) is 17.3. The van der Waals surface area contributed by atoms with Crippen molar-refractivity contribution < 1.29 is 9.84 Å². The molecule has 2 aromatic heterocycles. The average molecular weight is 415 g/mol. The van der Waals surface area contributed by atoms with Gasteiger partial charge in [0.2, 0.25) is 0 Å². The van der Waals surface area contributed by atoms with E-state index in [1.807, 2.05) is 30.5 Å². The third kappa shape index (κ3) is 3.30. The van der Waals surface area contributed by atoms with Gasteiger partial charge in [-0.05, 0) is 62.4 Å². The molecule has 4 nitrogen and oxygen atoms in total. The highest BCUT2D eigenvalue weighted by molar-refractivity contribution is 7.19. The lowest BCUT2D eigenvalue weighted by molar-refractivity contribution is 0.137. The molecular weight excluding hydrogens is 392 g/mol. The van der Waals surface area contributed by atoms with E-state index >= 15 is 0 Å². The van der Waals surface area contributed by atoms with Gasteiger partial charge in [-0.2, -0.15) is 0 Å². The van der Waals surface area contributed by atoms with E-state index < -0.39 is 0 Å². The smallest absolute Gasteiger partial charge is 0.130 e. The number of rotatable bonds is 4. The van der Waals surface area contributed by atoms with Crippen LogP contribution in [0.15, 0.2) is 30.5 Å². The fraction of sp³-hybridized carbons (Fsp3) is 0.409. The van der Waals surface area contributed by atoms with Crippen LogP contribution in [-0.2, 0) is 6.61 Å². The maximum Gasteiger partial charge on any atom is 0.130 e. The number of thiophene rings is 1. The molecule has 0 spiro atoms. The summed E-state index contributed by atoms with van der Waals surface area (Å²) in [6.45, 7) is 2.09. The Morgan fingerprint density at radius 1 is 1.21 bits per heavy atom. The first-order valence-electron chi connectivity index (χ1n) is 9.82. The maximum atomic E-state index is 9.55. The molecule has 1 aromatic carbocycles. The largest absolute Gasteiger partial charge is 0.489 e. The van der Waals surface area contributed by atoms with Crippen LogP contribution >= 0.6 is 22.9 Å². The molecular formula is C22H23ClN2O2S. The van der Waals surface area contributed by atoms with E-state index in [2.05, 4.69) is 17.2 Å². The van der Waals surface area contributed by atoms with E-state index in [0.29, 0.717) is 17.1 Å². The Labute approximate surface area is 173 Å². The number of pyridine rings is 1. The summed E-state index contributed by atoms with van der Waals surface area (Å²) >= 11 is 8.01. The molecule has 0 amide bonds. The van der Waals surface area contributed by atoms with Crippen LogP contribution in [0.2, 0.25) is 5.02 Å². The van der Waals surface area contributed by atoms with Crippen molar-refractivity contribution >= 4 is 33.2 Å². The summed E-state index contributed by atoms with van der Waals surface area (Å²) in [5, 5.41) is 13.9. The van der Waals surface area contributed by atoms with Crippen molar-refractivity contribution in [3.63, 3.8) is 0 Å². The lowest BCUT2D eigenvalue weighted by atomic mass is 10.00. The summed E-state index contributed by atoms with van der Waals surface area (Å²) < 4.78 is 7.68. The van der Waals surface area contributed by atoms with E-state index in [-0.39, 0.29) is 12.7 Å². The Bertz CT molecular complexity index is 1020. The molecule has 2 aliphatic heterocycles. The number of piperidine rings is 1. The minimum atomic E-state index is 0.0241. The van der Waals surface area contributed by atoms with Crippen molar-refractivity contribution in [3.8, 4) is 16.9 Å². The number of halogens is 1. The predicted molar refractivity (Wildman–Crippen MR) is 114 cm³/mol. The van der Waals surface area contributed by atoms with Gasteiger partial charge in [0.25, 0.3) is 0 Å². The number of benzene rings is 1. The number of nitrogens with zero attached hydrogens (tertiary/aromatic N) is 1. The van der Waals surface area contributed by atoms with E-state index in [9.17, 15) is 5.11 Å². The van der Waals surface area contributed by atoms with Gasteiger partial charge in [-0.15, -0.1) is 11.3 Å². The fourth-order valence-corrected chi connectivity index (χ4v) is 5.91. The van der Waals surface area contributed by atoms with Gasteiger partial charge in [0.1, 0.15) is 11.9 Å². The van der Waals surface area contributed by atoms with Gasteiger partial charge in [-0.3, -0.25) is 4.98 Å². The minimum absolute atomic E-state index is 0.0241. The molecule has 146 valence electrons. The number of aliphatic hydroxyl groups is 1. The molecule has 5 rings (SSSR count). The topological polar surface area (TPSA) is 54.4 Å². The molecule has 0 aliphatic carbocycles. The van der Waals surface area contributed by atoms with Gasteiger partial charge in [0.05, 0.1) is 16.8 Å². The summed E-state index contributed by atoms with van der Waals surface area (Å²) in [4.78, 5) is 5.38. The van der Waals surface area contributed by atoms with Crippen LogP contribution in [0.1, 0.15) is 36.1 Å². The molecule has 0 radical (unpaired) electrons. The Kier molecular flexibility index (Phi) is 4.79. The van der Waals surface area contributed by atoms with E-state index in [1.54, 1.807) is 11.3 Å². The van der Waals surface area contributed by atoms with Crippen molar-refractivity contribution in [2.75, 3.05) is 0 Å². The first-order chi connectivity index (χ1) is 13.6. The predicted octanol–water partition coefficient (Wildman–Crippen LogP) is 5.08. The van der Waals surface area contributed by atoms with Gasteiger partial charge in [-0.1, -0.05) is 11.6 Å². The summed E-state index contributed by atoms with van der Waals surface area (Å²) in [5.41, 5.74) is 4.02. The van der Waals surface area contributed by atoms with E-state index in [1.165, 1.54) is 12.8 Å². The van der Waals surface area contributed by atoms with Crippen molar-refractivity contribution in [3.05, 3.63) is 45.9 Å². The summed E-state index contributed by atoms with van der Waals surface area (Å²) in [6, 6.07) is 9.10. The van der Waals surface area contributed by atoms with Crippen molar-refractivity contribution in [1.82, 2.24) is 10.3 Å². The number of aliphatic hydroxyl groups excluding tert-OH is 1. The molecule has 2 saturated heterocycles. The van der Waals surface area contributed by atoms with Gasteiger partial charge in [0.15, 0.2) is 0 Å². The first kappa shape index (κ1) is 18.4. The van der Waals surface area contributed by atoms with E-state index in [0.717, 1.165) is 50.4 Å². The van der Waals surface area contributed by atoms with Gasteiger partial charge < -0.3 is 15.2 Å². The number of hydrogen-bond acceptors (Lipinski definition) is 5. The zero-order valence-electron chi connectivity index (χ0n) is 15.7. The number of fused-ring (bicyclic) bond motifs is 3. The average Bonchev–Trinajstić information content (AvgIpc) is 3.26. The summed E-state index contributed by atoms with van der Waals surface area (Å²) in [7, 11) is 0. The van der Waals surface area contributed by atoms with Crippen molar-refractivity contribution in [2.24, 2.45) is 0 Å². The maximum absolute atomic E-state index is 9.55. The highest BCUT2D eigenvalue weighted by Crippen LogP contribution is 2.42. The minimum Gasteiger partial charge on any atom is -0.489 e. The molecule has 1 unspecified atom stereocenters. The molecule has 28 heavy (non-hydrogen) atoms. The van der Waals surface area contributed by atoms with Crippen molar-refractivity contribution in [1.29, 1.82) is 0 Å². The molecule has 3 aromatic rings. The fourth-order valence-electron chi connectivity index (χ4n) is 4.63. The van der Waals surface area contributed by atoms with Crippen LogP contribution < -0.4 is 10.1 Å². The third-order valence-electron chi connectivity index (χ3n) is 5.86. The SMILES string of the molecule is Cc1cc(Cl)cc(-c2ccnc3cc(CO)sc23)c1OC1C[C@H]2CC[C@@H](C1)N2. The highest BCUT2D eigenvalue weighted by Gasteiger charge is 2.35. The molecule has 2 aliphatic rings. The Morgan fingerprint density at radius 3 is 2.75 bits per heavy atom. The van der Waals surface area contributed by atoms with Crippen LogP contribution in [0.4, 0.5) is 0 Å². The first-order valence-corrected chi connectivity index (χ1v) is 11.0. The molecule has 2 N–H and O–H groups in total. The van der Waals surface area contributed by atoms with Crippen LogP contribution in [-0.4, -0.2) is 28.3 Å². The summed E-state index contributed by atoms with van der Waals surface area (Å²) in [6.07, 6.45) is 6.65. The Hall–Kier alpha value is -1.66. The lowest BCUT2D eigenvalue weighted by Gasteiger charge is -2.31. The second-order valence-electron chi connectivity index (χ2n) is 7.89. The second kappa shape index (κ2) is 7.30. The number of nitrogens with one attached hydrogen (secondary N) is 1. The summed E-state index contributed by atoms with van der Waals surface area (Å²) in [5.74, 6) is 0.919. The normalized spacial score (nSPS) is 24.0. The number of hydrogen-bond donors (Lipinski definition) is 2. The van der Waals surface area contributed by atoms with Crippen LogP contribution in [0.25, 0.3) is 21.3 Å². The van der Waals surface area contributed by atoms with Crippen LogP contribution in [0.5, 0.6) is 5.75 Å². The van der Waals surface area contributed by atoms with Crippen LogP contribution in [0.3, 0.4) is 0 Å². The number of aryl methyl sites for hydroxylation is 1. The molecule has 0 saturated carbocycles. The Balaban J connectivity index is 1.59. The van der Waals surface area contributed by atoms with Gasteiger partial charge >= 0.3 is 0 Å². The zero-order chi connectivity index (χ0) is 19.3.